The van der Waals surface area contributed by atoms with E-state index in [0.29, 0.717) is 22.9 Å². The molecule has 0 aliphatic heterocycles. The van der Waals surface area contributed by atoms with Gasteiger partial charge in [0.2, 0.25) is 0 Å². The normalized spacial score (nSPS) is 9.53. The highest BCUT2D eigenvalue weighted by Crippen LogP contribution is 2.24. The smallest absolute Gasteiger partial charge is 0.138 e. The molecule has 5 heteroatoms. The number of rotatable bonds is 4. The highest BCUT2D eigenvalue weighted by atomic mass is 35.5. The van der Waals surface area contributed by atoms with Crippen LogP contribution in [0.4, 0.5) is 0 Å². The van der Waals surface area contributed by atoms with E-state index < -0.39 is 0 Å². The van der Waals surface area contributed by atoms with Crippen LogP contribution in [-0.4, -0.2) is 5.84 Å². The molecule has 0 radical (unpaired) electrons. The molecular weight excluding hydrogens is 283 g/mol. The summed E-state index contributed by atoms with van der Waals surface area (Å²) in [7, 11) is 0. The maximum Gasteiger partial charge on any atom is 0.138 e. The molecule has 19 heavy (non-hydrogen) atoms. The number of nitrogens with two attached hydrogens (primary N) is 1. The number of halogens is 2. The van der Waals surface area contributed by atoms with Gasteiger partial charge in [-0.15, -0.1) is 12.4 Å². The Morgan fingerprint density at radius 1 is 1.11 bits per heavy atom. The number of nitrogens with one attached hydrogen (secondary N) is 1. The Balaban J connectivity index is 0.00000180. The fourth-order valence-corrected chi connectivity index (χ4v) is 1.69. The van der Waals surface area contributed by atoms with Crippen molar-refractivity contribution in [2.75, 3.05) is 0 Å². The van der Waals surface area contributed by atoms with Crippen LogP contribution in [0, 0.1) is 5.41 Å². The first-order chi connectivity index (χ1) is 8.66. The van der Waals surface area contributed by atoms with Crippen molar-refractivity contribution in [3.63, 3.8) is 0 Å². The lowest BCUT2D eigenvalue weighted by atomic mass is 10.1. The molecular formula is C14H14Cl2N2O. The van der Waals surface area contributed by atoms with Crippen LogP contribution in [0.1, 0.15) is 11.1 Å². The highest BCUT2D eigenvalue weighted by molar-refractivity contribution is 6.32. The minimum Gasteiger partial charge on any atom is -0.487 e. The second-order valence-electron chi connectivity index (χ2n) is 3.83. The Morgan fingerprint density at radius 3 is 2.32 bits per heavy atom. The molecule has 0 bridgehead atoms. The Labute approximate surface area is 123 Å². The summed E-state index contributed by atoms with van der Waals surface area (Å²) < 4.78 is 5.61. The van der Waals surface area contributed by atoms with Crippen molar-refractivity contribution in [3.8, 4) is 5.75 Å². The van der Waals surface area contributed by atoms with Gasteiger partial charge in [-0.2, -0.15) is 0 Å². The van der Waals surface area contributed by atoms with E-state index >= 15 is 0 Å². The van der Waals surface area contributed by atoms with Crippen LogP contribution in [0.15, 0.2) is 48.5 Å². The van der Waals surface area contributed by atoms with Crippen LogP contribution in [0.5, 0.6) is 5.75 Å². The average molecular weight is 297 g/mol. The standard InChI is InChI=1S/C14H13ClN2O.ClH/c15-12-3-1-2-4-13(12)18-9-10-5-7-11(8-6-10)14(16)17;/h1-8H,9H2,(H3,16,17);1H. The number of para-hydroxylation sites is 1. The van der Waals surface area contributed by atoms with Gasteiger partial charge in [0, 0.05) is 5.56 Å². The fraction of sp³-hybridized carbons (Fsp3) is 0.0714. The molecule has 0 saturated carbocycles. The molecule has 3 N–H and O–H groups in total. The molecule has 2 rings (SSSR count). The summed E-state index contributed by atoms with van der Waals surface area (Å²) in [5.41, 5.74) is 7.09. The predicted octanol–water partition coefficient (Wildman–Crippen LogP) is 3.62. The van der Waals surface area contributed by atoms with E-state index in [1.807, 2.05) is 30.3 Å². The van der Waals surface area contributed by atoms with E-state index in [0.717, 1.165) is 5.56 Å². The lowest BCUT2D eigenvalue weighted by molar-refractivity contribution is 0.306. The molecule has 3 nitrogen and oxygen atoms in total. The Morgan fingerprint density at radius 2 is 1.74 bits per heavy atom. The van der Waals surface area contributed by atoms with E-state index in [1.165, 1.54) is 0 Å². The maximum atomic E-state index is 7.30. The number of amidine groups is 1. The van der Waals surface area contributed by atoms with E-state index in [4.69, 9.17) is 27.5 Å². The van der Waals surface area contributed by atoms with Crippen LogP contribution in [0.3, 0.4) is 0 Å². The SMILES string of the molecule is Cl.N=C(N)c1ccc(COc2ccccc2Cl)cc1. The van der Waals surface area contributed by atoms with Crippen molar-refractivity contribution in [2.24, 2.45) is 5.73 Å². The third-order valence-electron chi connectivity index (χ3n) is 2.50. The molecule has 0 unspecified atom stereocenters. The summed E-state index contributed by atoms with van der Waals surface area (Å²) >= 11 is 5.99. The number of hydrogen-bond acceptors (Lipinski definition) is 2. The molecule has 2 aromatic rings. The Hall–Kier alpha value is -1.71. The van der Waals surface area contributed by atoms with Crippen molar-refractivity contribution in [2.45, 2.75) is 6.61 Å². The molecule has 0 saturated heterocycles. The number of benzene rings is 2. The minimum atomic E-state index is 0. The van der Waals surface area contributed by atoms with Crippen LogP contribution >= 0.6 is 24.0 Å². The maximum absolute atomic E-state index is 7.30. The van der Waals surface area contributed by atoms with Gasteiger partial charge in [-0.25, -0.2) is 0 Å². The van der Waals surface area contributed by atoms with Crippen molar-refractivity contribution in [1.82, 2.24) is 0 Å². The monoisotopic (exact) mass is 296 g/mol. The molecule has 0 aromatic heterocycles. The summed E-state index contributed by atoms with van der Waals surface area (Å²) in [5.74, 6) is 0.725. The van der Waals surface area contributed by atoms with E-state index in [-0.39, 0.29) is 18.2 Å². The minimum absolute atomic E-state index is 0. The van der Waals surface area contributed by atoms with Gasteiger partial charge in [0.05, 0.1) is 5.02 Å². The van der Waals surface area contributed by atoms with Crippen molar-refractivity contribution in [3.05, 3.63) is 64.7 Å². The van der Waals surface area contributed by atoms with Crippen LogP contribution in [-0.2, 0) is 6.61 Å². The van der Waals surface area contributed by atoms with E-state index in [1.54, 1.807) is 18.2 Å². The second kappa shape index (κ2) is 7.02. The zero-order valence-corrected chi connectivity index (χ0v) is 11.7. The van der Waals surface area contributed by atoms with Crippen LogP contribution in [0.2, 0.25) is 5.02 Å². The van der Waals surface area contributed by atoms with Crippen molar-refractivity contribution >= 4 is 29.8 Å². The molecule has 2 aromatic carbocycles. The van der Waals surface area contributed by atoms with Crippen LogP contribution < -0.4 is 10.5 Å². The number of ether oxygens (including phenoxy) is 1. The zero-order valence-electron chi connectivity index (χ0n) is 10.1. The molecule has 0 heterocycles. The first kappa shape index (κ1) is 15.3. The second-order valence-corrected chi connectivity index (χ2v) is 4.24. The molecule has 0 aliphatic rings. The van der Waals surface area contributed by atoms with Gasteiger partial charge in [0.15, 0.2) is 0 Å². The van der Waals surface area contributed by atoms with Crippen molar-refractivity contribution in [1.29, 1.82) is 5.41 Å². The molecule has 0 fully saturated rings. The van der Waals surface area contributed by atoms with Crippen molar-refractivity contribution < 1.29 is 4.74 Å². The Bertz CT molecular complexity index is 556. The summed E-state index contributed by atoms with van der Waals surface area (Å²) in [6.07, 6.45) is 0. The third-order valence-corrected chi connectivity index (χ3v) is 2.81. The van der Waals surface area contributed by atoms with Gasteiger partial charge in [-0.1, -0.05) is 48.0 Å². The van der Waals surface area contributed by atoms with Crippen LogP contribution in [0.25, 0.3) is 0 Å². The van der Waals surface area contributed by atoms with Gasteiger partial charge >= 0.3 is 0 Å². The summed E-state index contributed by atoms with van der Waals surface area (Å²) in [6.45, 7) is 0.432. The van der Waals surface area contributed by atoms with Gasteiger partial charge < -0.3 is 10.5 Å². The number of nitrogen functional groups attached to an aromatic ring is 1. The number of hydrogen-bond donors (Lipinski definition) is 2. The zero-order chi connectivity index (χ0) is 13.0. The largest absolute Gasteiger partial charge is 0.487 e. The third kappa shape index (κ3) is 4.16. The van der Waals surface area contributed by atoms with Gasteiger partial charge in [0.25, 0.3) is 0 Å². The summed E-state index contributed by atoms with van der Waals surface area (Å²) in [5, 5.41) is 7.89. The lowest BCUT2D eigenvalue weighted by Crippen LogP contribution is -2.10. The first-order valence-electron chi connectivity index (χ1n) is 5.47. The van der Waals surface area contributed by atoms with Gasteiger partial charge in [0.1, 0.15) is 18.2 Å². The highest BCUT2D eigenvalue weighted by Gasteiger charge is 2.01. The topological polar surface area (TPSA) is 59.1 Å². The fourth-order valence-electron chi connectivity index (χ4n) is 1.50. The molecule has 0 aliphatic carbocycles. The molecule has 100 valence electrons. The van der Waals surface area contributed by atoms with Gasteiger partial charge in [-0.05, 0) is 17.7 Å². The quantitative estimate of drug-likeness (QED) is 0.669. The molecule has 0 atom stereocenters. The van der Waals surface area contributed by atoms with Gasteiger partial charge in [-0.3, -0.25) is 5.41 Å². The molecule has 0 amide bonds. The predicted molar refractivity (Wildman–Crippen MR) is 80.5 cm³/mol. The first-order valence-corrected chi connectivity index (χ1v) is 5.85. The lowest BCUT2D eigenvalue weighted by Gasteiger charge is -2.08. The summed E-state index contributed by atoms with van der Waals surface area (Å²) in [4.78, 5) is 0. The summed E-state index contributed by atoms with van der Waals surface area (Å²) in [6, 6.07) is 14.7. The Kier molecular flexibility index (Phi) is 5.67. The average Bonchev–Trinajstić information content (AvgIpc) is 2.38. The van der Waals surface area contributed by atoms with E-state index in [9.17, 15) is 0 Å². The van der Waals surface area contributed by atoms with E-state index in [2.05, 4.69) is 0 Å². The molecule has 0 spiro atoms.